The summed E-state index contributed by atoms with van der Waals surface area (Å²) in [5, 5.41) is 16.3. The maximum absolute atomic E-state index is 11.0. The summed E-state index contributed by atoms with van der Waals surface area (Å²) in [4.78, 5) is 0. The van der Waals surface area contributed by atoms with Crippen LogP contribution in [0.5, 0.6) is 0 Å². The second-order valence-corrected chi connectivity index (χ2v) is 5.11. The molecule has 0 fully saturated rings. The Kier molecular flexibility index (Phi) is 4.69. The van der Waals surface area contributed by atoms with E-state index in [0.717, 1.165) is 6.42 Å². The molecule has 1 heterocycles. The van der Waals surface area contributed by atoms with Crippen LogP contribution in [0.15, 0.2) is 21.6 Å². The number of hydrogen-bond donors (Lipinski definition) is 2. The van der Waals surface area contributed by atoms with Gasteiger partial charge in [0.2, 0.25) is 5.09 Å². The molecule has 1 rings (SSSR count). The lowest BCUT2D eigenvalue weighted by atomic mass is 10.1. The first-order valence-corrected chi connectivity index (χ1v) is 6.73. The molecular formula is C10H15N3O3S. The third-order valence-corrected chi connectivity index (χ3v) is 3.09. The van der Waals surface area contributed by atoms with E-state index in [-0.39, 0.29) is 11.1 Å². The Hall–Kier alpha value is -1.36. The van der Waals surface area contributed by atoms with E-state index in [1.54, 1.807) is 6.07 Å². The molecule has 1 aromatic heterocycles. The van der Waals surface area contributed by atoms with Crippen LogP contribution in [0.3, 0.4) is 0 Å². The fraction of sp³-hybridized carbons (Fsp3) is 0.500. The van der Waals surface area contributed by atoms with Gasteiger partial charge in [0.15, 0.2) is 0 Å². The lowest BCUT2D eigenvalue weighted by molar-refractivity contribution is 0.386. The Morgan fingerprint density at radius 2 is 2.29 bits per heavy atom. The van der Waals surface area contributed by atoms with Crippen LogP contribution in [0.4, 0.5) is 0 Å². The van der Waals surface area contributed by atoms with Crippen molar-refractivity contribution in [1.29, 1.82) is 5.26 Å². The van der Waals surface area contributed by atoms with Crippen molar-refractivity contribution >= 4 is 10.0 Å². The summed E-state index contributed by atoms with van der Waals surface area (Å²) in [7, 11) is -3.78. The SMILES string of the molecule is CCC(CC#N)NCc1ccc(S(N)(=O)=O)o1. The molecule has 0 aliphatic rings. The highest BCUT2D eigenvalue weighted by Crippen LogP contribution is 2.12. The summed E-state index contributed by atoms with van der Waals surface area (Å²) >= 11 is 0. The molecule has 17 heavy (non-hydrogen) atoms. The number of nitrogens with zero attached hydrogens (tertiary/aromatic N) is 1. The van der Waals surface area contributed by atoms with Crippen LogP contribution in [0.25, 0.3) is 0 Å². The van der Waals surface area contributed by atoms with Crippen molar-refractivity contribution in [3.05, 3.63) is 17.9 Å². The quantitative estimate of drug-likeness (QED) is 0.780. The number of nitriles is 1. The Morgan fingerprint density at radius 3 is 2.76 bits per heavy atom. The van der Waals surface area contributed by atoms with Gasteiger partial charge in [-0.15, -0.1) is 0 Å². The van der Waals surface area contributed by atoms with Gasteiger partial charge in [0.25, 0.3) is 10.0 Å². The van der Waals surface area contributed by atoms with Gasteiger partial charge in [0.05, 0.1) is 19.0 Å². The standard InChI is InChI=1S/C10H15N3O3S/c1-2-8(5-6-11)13-7-9-3-4-10(16-9)17(12,14)15/h3-4,8,13H,2,5,7H2,1H3,(H2,12,14,15). The molecule has 0 aliphatic carbocycles. The van der Waals surface area contributed by atoms with E-state index in [4.69, 9.17) is 14.8 Å². The van der Waals surface area contributed by atoms with Gasteiger partial charge in [0, 0.05) is 6.04 Å². The second kappa shape index (κ2) is 5.82. The molecule has 0 spiro atoms. The number of nitrogens with one attached hydrogen (secondary N) is 1. The Balaban J connectivity index is 2.59. The zero-order valence-corrected chi connectivity index (χ0v) is 10.3. The fourth-order valence-electron chi connectivity index (χ4n) is 1.32. The third kappa shape index (κ3) is 4.19. The normalized spacial score (nSPS) is 13.2. The molecule has 0 aromatic carbocycles. The van der Waals surface area contributed by atoms with E-state index in [1.807, 2.05) is 6.92 Å². The molecule has 6 nitrogen and oxygen atoms in total. The first-order chi connectivity index (χ1) is 7.97. The minimum Gasteiger partial charge on any atom is -0.447 e. The predicted octanol–water partition coefficient (Wildman–Crippen LogP) is 0.709. The molecule has 0 radical (unpaired) electrons. The number of furan rings is 1. The largest absolute Gasteiger partial charge is 0.447 e. The molecule has 0 amide bonds. The Bertz CT molecular complexity index is 501. The van der Waals surface area contributed by atoms with Crippen LogP contribution in [-0.4, -0.2) is 14.5 Å². The molecule has 1 unspecified atom stereocenters. The molecular weight excluding hydrogens is 242 g/mol. The summed E-state index contributed by atoms with van der Waals surface area (Å²) in [6.45, 7) is 2.34. The zero-order valence-electron chi connectivity index (χ0n) is 9.51. The van der Waals surface area contributed by atoms with Gasteiger partial charge in [-0.1, -0.05) is 6.92 Å². The maximum atomic E-state index is 11.0. The monoisotopic (exact) mass is 257 g/mol. The van der Waals surface area contributed by atoms with E-state index >= 15 is 0 Å². The van der Waals surface area contributed by atoms with Crippen LogP contribution in [0, 0.1) is 11.3 Å². The first-order valence-electron chi connectivity index (χ1n) is 5.19. The van der Waals surface area contributed by atoms with Crippen LogP contribution < -0.4 is 10.5 Å². The first kappa shape index (κ1) is 13.7. The van der Waals surface area contributed by atoms with E-state index in [9.17, 15) is 8.42 Å². The Morgan fingerprint density at radius 1 is 1.59 bits per heavy atom. The average Bonchev–Trinajstić information content (AvgIpc) is 2.72. The van der Waals surface area contributed by atoms with E-state index < -0.39 is 10.0 Å². The summed E-state index contributed by atoms with van der Waals surface area (Å²) in [6.07, 6.45) is 1.22. The van der Waals surface area contributed by atoms with Crippen LogP contribution >= 0.6 is 0 Å². The summed E-state index contributed by atoms with van der Waals surface area (Å²) in [5.41, 5.74) is 0. The van der Waals surface area contributed by atoms with Gasteiger partial charge in [-0.25, -0.2) is 13.6 Å². The molecule has 0 saturated carbocycles. The van der Waals surface area contributed by atoms with Crippen molar-refractivity contribution in [3.8, 4) is 6.07 Å². The number of primary sulfonamides is 1. The van der Waals surface area contributed by atoms with Gasteiger partial charge >= 0.3 is 0 Å². The van der Waals surface area contributed by atoms with Gasteiger partial charge in [-0.3, -0.25) is 0 Å². The number of rotatable bonds is 6. The Labute approximate surface area is 100 Å². The highest BCUT2D eigenvalue weighted by Gasteiger charge is 2.13. The predicted molar refractivity (Wildman–Crippen MR) is 61.2 cm³/mol. The maximum Gasteiger partial charge on any atom is 0.271 e. The molecule has 7 heteroatoms. The molecule has 94 valence electrons. The van der Waals surface area contributed by atoms with Crippen molar-refractivity contribution < 1.29 is 12.8 Å². The molecule has 0 bridgehead atoms. The topological polar surface area (TPSA) is 109 Å². The van der Waals surface area contributed by atoms with Crippen LogP contribution in [-0.2, 0) is 16.6 Å². The summed E-state index contributed by atoms with van der Waals surface area (Å²) < 4.78 is 27.0. The molecule has 3 N–H and O–H groups in total. The molecule has 0 aliphatic heterocycles. The molecule has 0 saturated heterocycles. The van der Waals surface area contributed by atoms with Crippen molar-refractivity contribution in [2.24, 2.45) is 5.14 Å². The highest BCUT2D eigenvalue weighted by molar-refractivity contribution is 7.89. The van der Waals surface area contributed by atoms with Crippen molar-refractivity contribution in [3.63, 3.8) is 0 Å². The number of nitrogens with two attached hydrogens (primary N) is 1. The van der Waals surface area contributed by atoms with Gasteiger partial charge in [0.1, 0.15) is 5.76 Å². The minimum absolute atomic E-state index is 0.0723. The summed E-state index contributed by atoms with van der Waals surface area (Å²) in [6, 6.07) is 5.01. The highest BCUT2D eigenvalue weighted by atomic mass is 32.2. The average molecular weight is 257 g/mol. The second-order valence-electron chi connectivity index (χ2n) is 3.61. The van der Waals surface area contributed by atoms with Gasteiger partial charge in [-0.2, -0.15) is 5.26 Å². The number of hydrogen-bond acceptors (Lipinski definition) is 5. The lowest BCUT2D eigenvalue weighted by Gasteiger charge is -2.11. The zero-order chi connectivity index (χ0) is 12.9. The van der Waals surface area contributed by atoms with Crippen LogP contribution in [0.1, 0.15) is 25.5 Å². The number of sulfonamides is 1. The molecule has 1 atom stereocenters. The minimum atomic E-state index is -3.78. The lowest BCUT2D eigenvalue weighted by Crippen LogP contribution is -2.27. The fourth-order valence-corrected chi connectivity index (χ4v) is 1.80. The third-order valence-electron chi connectivity index (χ3n) is 2.31. The molecule has 1 aromatic rings. The van der Waals surface area contributed by atoms with Crippen molar-refractivity contribution in [1.82, 2.24) is 5.32 Å². The van der Waals surface area contributed by atoms with Crippen molar-refractivity contribution in [2.75, 3.05) is 0 Å². The van der Waals surface area contributed by atoms with E-state index in [0.29, 0.717) is 18.7 Å². The van der Waals surface area contributed by atoms with Crippen molar-refractivity contribution in [2.45, 2.75) is 37.4 Å². The van der Waals surface area contributed by atoms with Gasteiger partial charge < -0.3 is 9.73 Å². The van der Waals surface area contributed by atoms with E-state index in [1.165, 1.54) is 6.07 Å². The van der Waals surface area contributed by atoms with E-state index in [2.05, 4.69) is 11.4 Å². The smallest absolute Gasteiger partial charge is 0.271 e. The van der Waals surface area contributed by atoms with Crippen LogP contribution in [0.2, 0.25) is 0 Å². The summed E-state index contributed by atoms with van der Waals surface area (Å²) in [5.74, 6) is 0.477. The van der Waals surface area contributed by atoms with Gasteiger partial charge in [-0.05, 0) is 18.6 Å².